The number of hydrogen-bond acceptors (Lipinski definition) is 6. The predicted octanol–water partition coefficient (Wildman–Crippen LogP) is 4.19. The van der Waals surface area contributed by atoms with E-state index in [4.69, 9.17) is 4.74 Å². The third kappa shape index (κ3) is 4.50. The van der Waals surface area contributed by atoms with Crippen LogP contribution in [0.5, 0.6) is 0 Å². The zero-order chi connectivity index (χ0) is 23.7. The lowest BCUT2D eigenvalue weighted by molar-refractivity contribution is 0.0377. The van der Waals surface area contributed by atoms with Crippen molar-refractivity contribution in [3.05, 3.63) is 59.6 Å². The van der Waals surface area contributed by atoms with Crippen LogP contribution in [0, 0.1) is 13.8 Å². The lowest BCUT2D eigenvalue weighted by Gasteiger charge is -2.37. The zero-order valence-corrected chi connectivity index (χ0v) is 20.3. The quantitative estimate of drug-likeness (QED) is 0.528. The molecule has 1 saturated heterocycles. The number of likely N-dealkylation sites (N-methyl/N-ethyl adjacent to an activating group) is 1. The average molecular weight is 448 g/mol. The van der Waals surface area contributed by atoms with Crippen molar-refractivity contribution in [1.29, 1.82) is 0 Å². The monoisotopic (exact) mass is 447 g/mol. The summed E-state index contributed by atoms with van der Waals surface area (Å²) in [6.07, 6.45) is 1.83. The maximum atomic E-state index is 13.1. The maximum absolute atomic E-state index is 13.1. The summed E-state index contributed by atoms with van der Waals surface area (Å²) in [6.45, 7) is 19.2. The van der Waals surface area contributed by atoms with Crippen molar-refractivity contribution in [2.24, 2.45) is 0 Å². The maximum Gasteiger partial charge on any atom is 0.338 e. The first kappa shape index (κ1) is 23.0. The number of aromatic nitrogens is 3. The average Bonchev–Trinajstić information content (AvgIpc) is 3.21. The molecule has 4 heterocycles. The number of esters is 1. The highest BCUT2D eigenvalue weighted by molar-refractivity contribution is 5.96. The Kier molecular flexibility index (Phi) is 6.51. The predicted molar refractivity (Wildman–Crippen MR) is 131 cm³/mol. The second-order valence-electron chi connectivity index (χ2n) is 8.90. The number of hydrogen-bond donors (Lipinski definition) is 0. The Morgan fingerprint density at radius 3 is 2.45 bits per heavy atom. The van der Waals surface area contributed by atoms with E-state index in [1.807, 2.05) is 58.2 Å². The third-order valence-corrected chi connectivity index (χ3v) is 6.32. The molecule has 3 aromatic rings. The minimum Gasteiger partial charge on any atom is -0.459 e. The van der Waals surface area contributed by atoms with Crippen LogP contribution in [0.15, 0.2) is 37.0 Å². The second kappa shape index (κ2) is 9.35. The SMILES string of the molecule is C=C(c1c(C)c(C(=O)OC(C)C)cc2c(-c3ccc(C)nn3)ccn12)N1CCN(CC)CC1. The van der Waals surface area contributed by atoms with Gasteiger partial charge in [0.15, 0.2) is 0 Å². The first-order valence-corrected chi connectivity index (χ1v) is 11.6. The third-order valence-electron chi connectivity index (χ3n) is 6.32. The van der Waals surface area contributed by atoms with Crippen molar-refractivity contribution in [3.8, 4) is 11.3 Å². The lowest BCUT2D eigenvalue weighted by Crippen LogP contribution is -2.45. The number of nitrogens with zero attached hydrogens (tertiary/aromatic N) is 5. The van der Waals surface area contributed by atoms with Gasteiger partial charge in [-0.2, -0.15) is 10.2 Å². The molecule has 3 aromatic heterocycles. The molecule has 0 bridgehead atoms. The number of rotatable bonds is 6. The van der Waals surface area contributed by atoms with Crippen molar-refractivity contribution >= 4 is 17.2 Å². The highest BCUT2D eigenvalue weighted by Gasteiger charge is 2.25. The first-order valence-electron chi connectivity index (χ1n) is 11.6. The molecule has 174 valence electrons. The van der Waals surface area contributed by atoms with Crippen molar-refractivity contribution in [2.75, 3.05) is 32.7 Å². The Morgan fingerprint density at radius 1 is 1.12 bits per heavy atom. The summed E-state index contributed by atoms with van der Waals surface area (Å²) in [5.74, 6) is -0.322. The molecule has 0 atom stereocenters. The molecule has 0 spiro atoms. The molecule has 4 rings (SSSR count). The fraction of sp³-hybridized carbons (Fsp3) is 0.423. The lowest BCUT2D eigenvalue weighted by atomic mass is 10.0. The van der Waals surface area contributed by atoms with Gasteiger partial charge in [0.25, 0.3) is 0 Å². The topological polar surface area (TPSA) is 63.0 Å². The van der Waals surface area contributed by atoms with E-state index in [2.05, 4.69) is 37.9 Å². The highest BCUT2D eigenvalue weighted by Crippen LogP contribution is 2.32. The summed E-state index contributed by atoms with van der Waals surface area (Å²) in [6, 6.07) is 7.84. The Hall–Kier alpha value is -3.19. The van der Waals surface area contributed by atoms with Gasteiger partial charge in [-0.05, 0) is 64.1 Å². The molecule has 0 saturated carbocycles. The van der Waals surface area contributed by atoms with Crippen LogP contribution in [0.3, 0.4) is 0 Å². The highest BCUT2D eigenvalue weighted by atomic mass is 16.5. The van der Waals surface area contributed by atoms with Gasteiger partial charge in [0, 0.05) is 37.9 Å². The van der Waals surface area contributed by atoms with Crippen LogP contribution in [0.1, 0.15) is 48.1 Å². The molecule has 7 heteroatoms. The van der Waals surface area contributed by atoms with E-state index in [-0.39, 0.29) is 12.1 Å². The summed E-state index contributed by atoms with van der Waals surface area (Å²) in [5.41, 5.74) is 6.71. The summed E-state index contributed by atoms with van der Waals surface area (Å²) in [5, 5.41) is 8.60. The van der Waals surface area contributed by atoms with Crippen LogP contribution in [0.25, 0.3) is 22.5 Å². The van der Waals surface area contributed by atoms with Gasteiger partial charge in [0.2, 0.25) is 0 Å². The van der Waals surface area contributed by atoms with E-state index in [0.717, 1.165) is 72.1 Å². The Bertz CT molecular complexity index is 1170. The van der Waals surface area contributed by atoms with Crippen molar-refractivity contribution < 1.29 is 9.53 Å². The Labute approximate surface area is 195 Å². The molecule has 33 heavy (non-hydrogen) atoms. The molecule has 1 aliphatic rings. The first-order chi connectivity index (χ1) is 15.8. The summed E-state index contributed by atoms with van der Waals surface area (Å²) >= 11 is 0. The van der Waals surface area contributed by atoms with E-state index < -0.39 is 0 Å². The van der Waals surface area contributed by atoms with Gasteiger partial charge in [0.05, 0.1) is 40.0 Å². The normalized spacial score (nSPS) is 14.8. The van der Waals surface area contributed by atoms with Gasteiger partial charge in [-0.3, -0.25) is 0 Å². The molecule has 0 amide bonds. The molecular formula is C26H33N5O2. The molecule has 7 nitrogen and oxygen atoms in total. The standard InChI is InChI=1S/C26H33N5O2/c1-7-29-12-14-30(15-13-29)20(6)25-19(5)22(26(32)33-17(2)3)16-24-21(10-11-31(24)25)23-9-8-18(4)27-28-23/h8-11,16-17H,6-7,12-15H2,1-5H3. The second-order valence-corrected chi connectivity index (χ2v) is 8.90. The summed E-state index contributed by atoms with van der Waals surface area (Å²) < 4.78 is 7.70. The largest absolute Gasteiger partial charge is 0.459 e. The van der Waals surface area contributed by atoms with Gasteiger partial charge in [-0.15, -0.1) is 0 Å². The Balaban J connectivity index is 1.85. The molecule has 0 radical (unpaired) electrons. The van der Waals surface area contributed by atoms with E-state index in [0.29, 0.717) is 5.56 Å². The van der Waals surface area contributed by atoms with Crippen molar-refractivity contribution in [1.82, 2.24) is 24.4 Å². The molecule has 0 aromatic carbocycles. The van der Waals surface area contributed by atoms with Crippen LogP contribution in [0.2, 0.25) is 0 Å². The number of aryl methyl sites for hydroxylation is 1. The Morgan fingerprint density at radius 2 is 1.85 bits per heavy atom. The fourth-order valence-corrected chi connectivity index (χ4v) is 4.43. The van der Waals surface area contributed by atoms with E-state index in [9.17, 15) is 4.79 Å². The minimum atomic E-state index is -0.322. The summed E-state index contributed by atoms with van der Waals surface area (Å²) in [7, 11) is 0. The molecule has 0 unspecified atom stereocenters. The van der Waals surface area contributed by atoms with Crippen molar-refractivity contribution in [3.63, 3.8) is 0 Å². The number of carbonyl (C=O) groups excluding carboxylic acids is 1. The van der Waals surface area contributed by atoms with Crippen LogP contribution in [-0.4, -0.2) is 69.2 Å². The van der Waals surface area contributed by atoms with Crippen LogP contribution in [0.4, 0.5) is 0 Å². The van der Waals surface area contributed by atoms with Crippen molar-refractivity contribution in [2.45, 2.75) is 40.7 Å². The van der Waals surface area contributed by atoms with Gasteiger partial charge in [-0.1, -0.05) is 13.5 Å². The van der Waals surface area contributed by atoms with Crippen LogP contribution < -0.4 is 0 Å². The minimum absolute atomic E-state index is 0.198. The van der Waals surface area contributed by atoms with Gasteiger partial charge < -0.3 is 18.9 Å². The van der Waals surface area contributed by atoms with Crippen LogP contribution >= 0.6 is 0 Å². The van der Waals surface area contributed by atoms with Gasteiger partial charge >= 0.3 is 5.97 Å². The van der Waals surface area contributed by atoms with Gasteiger partial charge in [-0.25, -0.2) is 4.79 Å². The number of ether oxygens (including phenoxy) is 1. The number of carbonyl (C=O) groups is 1. The van der Waals surface area contributed by atoms with Gasteiger partial charge in [0.1, 0.15) is 0 Å². The summed E-state index contributed by atoms with van der Waals surface area (Å²) in [4.78, 5) is 17.8. The molecule has 1 aliphatic heterocycles. The van der Waals surface area contributed by atoms with E-state index in [1.165, 1.54) is 0 Å². The smallest absolute Gasteiger partial charge is 0.338 e. The number of pyridine rings is 1. The molecule has 1 fully saturated rings. The van der Waals surface area contributed by atoms with E-state index >= 15 is 0 Å². The number of fused-ring (bicyclic) bond motifs is 1. The fourth-order valence-electron chi connectivity index (χ4n) is 4.43. The van der Waals surface area contributed by atoms with Crippen LogP contribution in [-0.2, 0) is 4.74 Å². The molecule has 0 N–H and O–H groups in total. The zero-order valence-electron chi connectivity index (χ0n) is 20.3. The number of piperazine rings is 1. The van der Waals surface area contributed by atoms with E-state index in [1.54, 1.807) is 0 Å². The molecule has 0 aliphatic carbocycles. The molecular weight excluding hydrogens is 414 g/mol.